The summed E-state index contributed by atoms with van der Waals surface area (Å²) < 4.78 is 5.44. The fourth-order valence-electron chi connectivity index (χ4n) is 1.66. The molecule has 0 aliphatic rings. The number of rotatable bonds is 2. The van der Waals surface area contributed by atoms with Gasteiger partial charge in [0.2, 0.25) is 5.91 Å². The van der Waals surface area contributed by atoms with Gasteiger partial charge in [-0.25, -0.2) is 0 Å². The van der Waals surface area contributed by atoms with Gasteiger partial charge in [0, 0.05) is 30.1 Å². The van der Waals surface area contributed by atoms with Crippen LogP contribution in [-0.2, 0) is 11.2 Å². The van der Waals surface area contributed by atoms with E-state index in [1.807, 2.05) is 19.1 Å². The molecule has 2 rings (SSSR count). The van der Waals surface area contributed by atoms with Crippen LogP contribution in [0.1, 0.15) is 11.1 Å². The molecule has 1 aromatic heterocycles. The van der Waals surface area contributed by atoms with Gasteiger partial charge in [0.05, 0.1) is 12.7 Å². The number of carbonyl (C=O) groups excluding carboxylic acids is 1. The van der Waals surface area contributed by atoms with E-state index >= 15 is 0 Å². The minimum absolute atomic E-state index is 0.0457. The molecule has 1 amide bonds. The summed E-state index contributed by atoms with van der Waals surface area (Å²) in [5.41, 5.74) is 2.62. The Labute approximate surface area is 105 Å². The summed E-state index contributed by atoms with van der Waals surface area (Å²) in [6, 6.07) is 3.75. The van der Waals surface area contributed by atoms with E-state index in [1.54, 1.807) is 25.3 Å². The SMILES string of the molecule is Cc1cc2occ(CC(=O)N(C)C)c2cc1Cl. The first-order valence-corrected chi connectivity index (χ1v) is 5.73. The summed E-state index contributed by atoms with van der Waals surface area (Å²) >= 11 is 6.08. The van der Waals surface area contributed by atoms with Crippen LogP contribution in [-0.4, -0.2) is 24.9 Å². The molecular formula is C13H14ClNO2. The largest absolute Gasteiger partial charge is 0.464 e. The molecular weight excluding hydrogens is 238 g/mol. The fourth-order valence-corrected chi connectivity index (χ4v) is 1.82. The maximum Gasteiger partial charge on any atom is 0.226 e. The van der Waals surface area contributed by atoms with Gasteiger partial charge < -0.3 is 9.32 Å². The molecule has 0 saturated carbocycles. The molecule has 0 atom stereocenters. The number of halogens is 1. The maximum atomic E-state index is 11.7. The highest BCUT2D eigenvalue weighted by Crippen LogP contribution is 2.28. The minimum Gasteiger partial charge on any atom is -0.464 e. The van der Waals surface area contributed by atoms with Gasteiger partial charge in [-0.2, -0.15) is 0 Å². The molecule has 0 spiro atoms. The van der Waals surface area contributed by atoms with Crippen LogP contribution in [0.25, 0.3) is 11.0 Å². The van der Waals surface area contributed by atoms with E-state index in [0.29, 0.717) is 11.4 Å². The first-order valence-electron chi connectivity index (χ1n) is 5.35. The smallest absolute Gasteiger partial charge is 0.226 e. The standard InChI is InChI=1S/C13H14ClNO2/c1-8-4-12-10(6-11(8)14)9(7-17-12)5-13(16)15(2)3/h4,6-7H,5H2,1-3H3. The van der Waals surface area contributed by atoms with E-state index in [1.165, 1.54) is 0 Å². The Bertz CT molecular complexity index is 572. The summed E-state index contributed by atoms with van der Waals surface area (Å²) in [4.78, 5) is 13.2. The predicted octanol–water partition coefficient (Wildman–Crippen LogP) is 3.03. The third kappa shape index (κ3) is 2.29. The first-order chi connectivity index (χ1) is 7.99. The van der Waals surface area contributed by atoms with Crippen LogP contribution in [0.3, 0.4) is 0 Å². The Morgan fingerprint density at radius 1 is 1.41 bits per heavy atom. The first kappa shape index (κ1) is 12.0. The molecule has 90 valence electrons. The van der Waals surface area contributed by atoms with Crippen molar-refractivity contribution in [3.63, 3.8) is 0 Å². The van der Waals surface area contributed by atoms with Gasteiger partial charge in [-0.15, -0.1) is 0 Å². The second-order valence-electron chi connectivity index (χ2n) is 4.32. The Kier molecular flexibility index (Phi) is 3.11. The number of nitrogens with zero attached hydrogens (tertiary/aromatic N) is 1. The summed E-state index contributed by atoms with van der Waals surface area (Å²) in [6.45, 7) is 1.93. The molecule has 17 heavy (non-hydrogen) atoms. The van der Waals surface area contributed by atoms with Crippen molar-refractivity contribution in [3.05, 3.63) is 34.5 Å². The van der Waals surface area contributed by atoms with Crippen LogP contribution in [0.4, 0.5) is 0 Å². The Hall–Kier alpha value is -1.48. The zero-order valence-corrected chi connectivity index (χ0v) is 10.8. The average Bonchev–Trinajstić information content (AvgIpc) is 2.62. The summed E-state index contributed by atoms with van der Waals surface area (Å²) in [5, 5.41) is 1.60. The Balaban J connectivity index is 2.42. The minimum atomic E-state index is 0.0457. The van der Waals surface area contributed by atoms with Gasteiger partial charge >= 0.3 is 0 Å². The molecule has 0 radical (unpaired) electrons. The third-order valence-corrected chi connectivity index (χ3v) is 3.18. The van der Waals surface area contributed by atoms with Crippen LogP contribution in [0.15, 0.2) is 22.8 Å². The summed E-state index contributed by atoms with van der Waals surface area (Å²) in [5.74, 6) is 0.0457. The van der Waals surface area contributed by atoms with Gasteiger partial charge in [0.1, 0.15) is 5.58 Å². The lowest BCUT2D eigenvalue weighted by Crippen LogP contribution is -2.23. The lowest BCUT2D eigenvalue weighted by atomic mass is 10.1. The van der Waals surface area contributed by atoms with Gasteiger partial charge in [-0.3, -0.25) is 4.79 Å². The predicted molar refractivity (Wildman–Crippen MR) is 68.4 cm³/mol. The van der Waals surface area contributed by atoms with Gasteiger partial charge in [0.15, 0.2) is 0 Å². The van der Waals surface area contributed by atoms with Crippen molar-refractivity contribution < 1.29 is 9.21 Å². The van der Waals surface area contributed by atoms with Crippen molar-refractivity contribution >= 4 is 28.5 Å². The lowest BCUT2D eigenvalue weighted by Gasteiger charge is -2.08. The second-order valence-corrected chi connectivity index (χ2v) is 4.73. The monoisotopic (exact) mass is 251 g/mol. The second kappa shape index (κ2) is 4.41. The summed E-state index contributed by atoms with van der Waals surface area (Å²) in [7, 11) is 3.48. The van der Waals surface area contributed by atoms with Crippen LogP contribution < -0.4 is 0 Å². The topological polar surface area (TPSA) is 33.5 Å². The van der Waals surface area contributed by atoms with E-state index in [0.717, 1.165) is 22.1 Å². The highest BCUT2D eigenvalue weighted by molar-refractivity contribution is 6.32. The number of benzene rings is 1. The maximum absolute atomic E-state index is 11.7. The molecule has 0 aliphatic carbocycles. The number of furan rings is 1. The van der Waals surface area contributed by atoms with E-state index in [-0.39, 0.29) is 5.91 Å². The van der Waals surface area contributed by atoms with E-state index in [4.69, 9.17) is 16.0 Å². The van der Waals surface area contributed by atoms with Crippen molar-refractivity contribution in [3.8, 4) is 0 Å². The van der Waals surface area contributed by atoms with Crippen LogP contribution >= 0.6 is 11.6 Å². The highest BCUT2D eigenvalue weighted by Gasteiger charge is 2.12. The van der Waals surface area contributed by atoms with E-state index < -0.39 is 0 Å². The lowest BCUT2D eigenvalue weighted by molar-refractivity contribution is -0.127. The molecule has 1 aromatic carbocycles. The normalized spacial score (nSPS) is 10.8. The van der Waals surface area contributed by atoms with Crippen molar-refractivity contribution in [2.24, 2.45) is 0 Å². The Morgan fingerprint density at radius 3 is 2.76 bits per heavy atom. The zero-order valence-electron chi connectivity index (χ0n) is 10.1. The van der Waals surface area contributed by atoms with Crippen molar-refractivity contribution in [2.75, 3.05) is 14.1 Å². The number of aryl methyl sites for hydroxylation is 1. The van der Waals surface area contributed by atoms with E-state index in [9.17, 15) is 4.79 Å². The molecule has 0 saturated heterocycles. The van der Waals surface area contributed by atoms with E-state index in [2.05, 4.69) is 0 Å². The number of hydrogen-bond acceptors (Lipinski definition) is 2. The number of fused-ring (bicyclic) bond motifs is 1. The van der Waals surface area contributed by atoms with Crippen molar-refractivity contribution in [1.82, 2.24) is 4.90 Å². The molecule has 2 aromatic rings. The third-order valence-electron chi connectivity index (χ3n) is 2.78. The van der Waals surface area contributed by atoms with Gasteiger partial charge in [0.25, 0.3) is 0 Å². The highest BCUT2D eigenvalue weighted by atomic mass is 35.5. The molecule has 4 heteroatoms. The van der Waals surface area contributed by atoms with Gasteiger partial charge in [-0.1, -0.05) is 11.6 Å². The molecule has 0 N–H and O–H groups in total. The molecule has 0 bridgehead atoms. The van der Waals surface area contributed by atoms with Crippen LogP contribution in [0, 0.1) is 6.92 Å². The van der Waals surface area contributed by atoms with Crippen LogP contribution in [0.2, 0.25) is 5.02 Å². The van der Waals surface area contributed by atoms with Crippen molar-refractivity contribution in [1.29, 1.82) is 0 Å². The quantitative estimate of drug-likeness (QED) is 0.822. The molecule has 3 nitrogen and oxygen atoms in total. The summed E-state index contributed by atoms with van der Waals surface area (Å²) in [6.07, 6.45) is 1.96. The zero-order chi connectivity index (χ0) is 12.6. The number of amides is 1. The van der Waals surface area contributed by atoms with Crippen LogP contribution in [0.5, 0.6) is 0 Å². The van der Waals surface area contributed by atoms with Crippen molar-refractivity contribution in [2.45, 2.75) is 13.3 Å². The molecule has 0 aliphatic heterocycles. The Morgan fingerprint density at radius 2 is 2.12 bits per heavy atom. The fraction of sp³-hybridized carbons (Fsp3) is 0.308. The number of carbonyl (C=O) groups is 1. The molecule has 0 unspecified atom stereocenters. The average molecular weight is 252 g/mol. The number of likely N-dealkylation sites (N-methyl/N-ethyl adjacent to an activating group) is 1. The molecule has 1 heterocycles. The number of hydrogen-bond donors (Lipinski definition) is 0. The molecule has 0 fully saturated rings. The van der Waals surface area contributed by atoms with Gasteiger partial charge in [-0.05, 0) is 24.6 Å².